The number of benzene rings is 1. The first-order valence-electron chi connectivity index (χ1n) is 6.90. The topological polar surface area (TPSA) is 49.0 Å². The van der Waals surface area contributed by atoms with Gasteiger partial charge in [0, 0.05) is 23.5 Å². The summed E-state index contributed by atoms with van der Waals surface area (Å²) < 4.78 is 9.99. The number of pyridine rings is 1. The van der Waals surface area contributed by atoms with Gasteiger partial charge in [-0.05, 0) is 24.6 Å². The Balaban J connectivity index is 2.18. The molecule has 1 aromatic carbocycles. The van der Waals surface area contributed by atoms with E-state index in [4.69, 9.17) is 4.74 Å². The van der Waals surface area contributed by atoms with Crippen LogP contribution in [0.1, 0.15) is 12.5 Å². The van der Waals surface area contributed by atoms with Crippen LogP contribution in [0.2, 0.25) is 0 Å². The van der Waals surface area contributed by atoms with Gasteiger partial charge in [0.25, 0.3) is 0 Å². The van der Waals surface area contributed by atoms with Crippen LogP contribution in [-0.2, 0) is 11.8 Å². The van der Waals surface area contributed by atoms with Crippen LogP contribution in [0.5, 0.6) is 0 Å². The summed E-state index contributed by atoms with van der Waals surface area (Å²) in [6.45, 7) is 1.30. The highest BCUT2D eigenvalue weighted by atomic mass is 79.9. The van der Waals surface area contributed by atoms with Crippen molar-refractivity contribution in [3.8, 4) is 0 Å². The summed E-state index contributed by atoms with van der Waals surface area (Å²) in [5.74, 6) is 0. The Morgan fingerprint density at radius 2 is 2.29 bits per heavy atom. The molecule has 2 aromatic heterocycles. The van der Waals surface area contributed by atoms with Crippen LogP contribution in [-0.4, -0.2) is 27.3 Å². The number of halogens is 1. The first-order valence-corrected chi connectivity index (χ1v) is 7.69. The molecule has 0 N–H and O–H groups in total. The van der Waals surface area contributed by atoms with E-state index in [0.29, 0.717) is 13.2 Å². The van der Waals surface area contributed by atoms with Crippen molar-refractivity contribution in [2.75, 3.05) is 13.2 Å². The zero-order valence-corrected chi connectivity index (χ0v) is 13.1. The number of hydrogen-bond acceptors (Lipinski definition) is 3. The lowest BCUT2D eigenvalue weighted by atomic mass is 10.1. The highest BCUT2D eigenvalue weighted by Crippen LogP contribution is 2.29. The molecule has 1 fully saturated rings. The maximum Gasteiger partial charge on any atom is 0.329 e. The van der Waals surface area contributed by atoms with Gasteiger partial charge in [0.15, 0.2) is 0 Å². The predicted molar refractivity (Wildman–Crippen MR) is 84.7 cm³/mol. The molecular formula is C15H14BrN3O2. The molecule has 0 aliphatic carbocycles. The number of rotatable bonds is 1. The van der Waals surface area contributed by atoms with Crippen LogP contribution in [0.4, 0.5) is 0 Å². The van der Waals surface area contributed by atoms with E-state index in [9.17, 15) is 4.79 Å². The zero-order chi connectivity index (χ0) is 14.6. The van der Waals surface area contributed by atoms with E-state index in [1.54, 1.807) is 17.8 Å². The standard InChI is InChI=1S/C15H14BrN3O2/c1-18-13-7-17-12-3-2-9(16)6-11(12)14(13)19(15(18)20)10-4-5-21-8-10/h2-3,6-7,10H,4-5,8H2,1H3/t10-/m1/s1. The van der Waals surface area contributed by atoms with Gasteiger partial charge >= 0.3 is 5.69 Å². The number of hydrogen-bond donors (Lipinski definition) is 0. The van der Waals surface area contributed by atoms with E-state index in [1.807, 2.05) is 22.8 Å². The normalized spacial score (nSPS) is 18.9. The van der Waals surface area contributed by atoms with Gasteiger partial charge in [-0.2, -0.15) is 0 Å². The summed E-state index contributed by atoms with van der Waals surface area (Å²) >= 11 is 3.50. The zero-order valence-electron chi connectivity index (χ0n) is 11.5. The fraction of sp³-hybridized carbons (Fsp3) is 0.333. The van der Waals surface area contributed by atoms with Crippen molar-refractivity contribution < 1.29 is 4.74 Å². The van der Waals surface area contributed by atoms with Gasteiger partial charge in [-0.15, -0.1) is 0 Å². The number of imidazole rings is 1. The molecule has 0 spiro atoms. The van der Waals surface area contributed by atoms with Crippen molar-refractivity contribution in [3.63, 3.8) is 0 Å². The Labute approximate surface area is 129 Å². The Hall–Kier alpha value is -1.66. The highest BCUT2D eigenvalue weighted by Gasteiger charge is 2.24. The quantitative estimate of drug-likeness (QED) is 0.679. The Morgan fingerprint density at radius 3 is 3.05 bits per heavy atom. The van der Waals surface area contributed by atoms with Gasteiger partial charge in [0.05, 0.1) is 35.4 Å². The van der Waals surface area contributed by atoms with Gasteiger partial charge in [0.1, 0.15) is 0 Å². The van der Waals surface area contributed by atoms with Crippen molar-refractivity contribution in [1.29, 1.82) is 0 Å². The van der Waals surface area contributed by atoms with Crippen LogP contribution in [0.15, 0.2) is 33.7 Å². The fourth-order valence-electron chi connectivity index (χ4n) is 3.06. The first-order chi connectivity index (χ1) is 10.2. The minimum atomic E-state index is -0.00484. The molecular weight excluding hydrogens is 334 g/mol. The molecule has 1 aliphatic heterocycles. The molecule has 1 saturated heterocycles. The number of ether oxygens (including phenoxy) is 1. The largest absolute Gasteiger partial charge is 0.379 e. The van der Waals surface area contributed by atoms with Crippen molar-refractivity contribution in [3.05, 3.63) is 39.4 Å². The smallest absolute Gasteiger partial charge is 0.329 e. The van der Waals surface area contributed by atoms with Crippen molar-refractivity contribution in [2.45, 2.75) is 12.5 Å². The molecule has 6 heteroatoms. The Bertz CT molecular complexity index is 907. The molecule has 5 nitrogen and oxygen atoms in total. The van der Waals surface area contributed by atoms with Crippen LogP contribution in [0.3, 0.4) is 0 Å². The average molecular weight is 348 g/mol. The Morgan fingerprint density at radius 1 is 1.43 bits per heavy atom. The van der Waals surface area contributed by atoms with Gasteiger partial charge in [-0.1, -0.05) is 15.9 Å². The van der Waals surface area contributed by atoms with E-state index in [-0.39, 0.29) is 11.7 Å². The minimum absolute atomic E-state index is 0.00484. The number of fused-ring (bicyclic) bond motifs is 3. The maximum absolute atomic E-state index is 12.6. The van der Waals surface area contributed by atoms with Crippen LogP contribution in [0, 0.1) is 0 Å². The van der Waals surface area contributed by atoms with Gasteiger partial charge < -0.3 is 4.74 Å². The molecule has 0 amide bonds. The third-order valence-electron chi connectivity index (χ3n) is 4.15. The molecule has 3 aromatic rings. The summed E-state index contributed by atoms with van der Waals surface area (Å²) in [5.41, 5.74) is 2.69. The monoisotopic (exact) mass is 347 g/mol. The second-order valence-electron chi connectivity index (χ2n) is 5.38. The third-order valence-corrected chi connectivity index (χ3v) is 4.64. The van der Waals surface area contributed by atoms with Crippen LogP contribution in [0.25, 0.3) is 21.9 Å². The second kappa shape index (κ2) is 4.68. The molecule has 0 unspecified atom stereocenters. The summed E-state index contributed by atoms with van der Waals surface area (Å²) in [5, 5.41) is 0.992. The minimum Gasteiger partial charge on any atom is -0.379 e. The third kappa shape index (κ3) is 1.86. The number of aromatic nitrogens is 3. The van der Waals surface area contributed by atoms with E-state index < -0.39 is 0 Å². The number of aryl methyl sites for hydroxylation is 1. The molecule has 0 saturated carbocycles. The van der Waals surface area contributed by atoms with E-state index in [0.717, 1.165) is 32.8 Å². The summed E-state index contributed by atoms with van der Waals surface area (Å²) in [6.07, 6.45) is 2.65. The summed E-state index contributed by atoms with van der Waals surface area (Å²) in [6, 6.07) is 6.05. The van der Waals surface area contributed by atoms with E-state index in [2.05, 4.69) is 20.9 Å². The molecule has 4 rings (SSSR count). The lowest BCUT2D eigenvalue weighted by Gasteiger charge is -2.11. The molecule has 0 radical (unpaired) electrons. The van der Waals surface area contributed by atoms with Gasteiger partial charge in [0.2, 0.25) is 0 Å². The van der Waals surface area contributed by atoms with Crippen molar-refractivity contribution in [2.24, 2.45) is 7.05 Å². The highest BCUT2D eigenvalue weighted by molar-refractivity contribution is 9.10. The molecule has 1 aliphatic rings. The lowest BCUT2D eigenvalue weighted by Crippen LogP contribution is -2.26. The molecule has 0 bridgehead atoms. The van der Waals surface area contributed by atoms with Gasteiger partial charge in [-0.25, -0.2) is 4.79 Å². The van der Waals surface area contributed by atoms with Gasteiger partial charge in [-0.3, -0.25) is 14.1 Å². The van der Waals surface area contributed by atoms with E-state index in [1.165, 1.54) is 0 Å². The lowest BCUT2D eigenvalue weighted by molar-refractivity contribution is 0.186. The SMILES string of the molecule is Cn1c(=O)n([C@@H]2CCOC2)c2c3cc(Br)ccc3ncc21. The Kier molecular flexibility index (Phi) is 2.90. The van der Waals surface area contributed by atoms with Crippen molar-refractivity contribution in [1.82, 2.24) is 14.1 Å². The van der Waals surface area contributed by atoms with Crippen molar-refractivity contribution >= 4 is 37.9 Å². The van der Waals surface area contributed by atoms with Crippen LogP contribution >= 0.6 is 15.9 Å². The maximum atomic E-state index is 12.6. The molecule has 3 heterocycles. The molecule has 108 valence electrons. The summed E-state index contributed by atoms with van der Waals surface area (Å²) in [7, 11) is 1.79. The van der Waals surface area contributed by atoms with Crippen LogP contribution < -0.4 is 5.69 Å². The summed E-state index contributed by atoms with van der Waals surface area (Å²) in [4.78, 5) is 17.1. The second-order valence-corrected chi connectivity index (χ2v) is 6.30. The average Bonchev–Trinajstić information content (AvgIpc) is 3.08. The fourth-order valence-corrected chi connectivity index (χ4v) is 3.42. The molecule has 21 heavy (non-hydrogen) atoms. The molecule has 1 atom stereocenters. The van der Waals surface area contributed by atoms with E-state index >= 15 is 0 Å². The first kappa shape index (κ1) is 13.0. The predicted octanol–water partition coefficient (Wildman–Crippen LogP) is 2.61. The number of nitrogens with zero attached hydrogens (tertiary/aromatic N) is 3.